The van der Waals surface area contributed by atoms with Gasteiger partial charge in [0.05, 0.1) is 6.61 Å². The highest BCUT2D eigenvalue weighted by Crippen LogP contribution is 2.46. The van der Waals surface area contributed by atoms with Crippen LogP contribution in [0.3, 0.4) is 0 Å². The Balaban J connectivity index is 2.63. The van der Waals surface area contributed by atoms with E-state index in [4.69, 9.17) is 4.74 Å². The molecule has 1 aromatic carbocycles. The van der Waals surface area contributed by atoms with Crippen LogP contribution in [0.25, 0.3) is 0 Å². The van der Waals surface area contributed by atoms with Gasteiger partial charge in [0, 0.05) is 7.11 Å². The molecule has 19 heavy (non-hydrogen) atoms. The number of methoxy groups -OCH3 is 1. The highest BCUT2D eigenvalue weighted by atomic mass is 16.5. The van der Waals surface area contributed by atoms with Gasteiger partial charge in [0.1, 0.15) is 11.7 Å². The first-order valence-corrected chi connectivity index (χ1v) is 6.40. The van der Waals surface area contributed by atoms with Gasteiger partial charge in [-0.25, -0.2) is 0 Å². The summed E-state index contributed by atoms with van der Waals surface area (Å²) in [5.41, 5.74) is 1.86. The Morgan fingerprint density at radius 3 is 2.68 bits per heavy atom. The van der Waals surface area contributed by atoms with Crippen molar-refractivity contribution >= 4 is 0 Å². The van der Waals surface area contributed by atoms with E-state index < -0.39 is 11.7 Å². The molecular formula is C16H20O3. The summed E-state index contributed by atoms with van der Waals surface area (Å²) >= 11 is 0. The van der Waals surface area contributed by atoms with Crippen LogP contribution in [0.4, 0.5) is 0 Å². The van der Waals surface area contributed by atoms with Crippen molar-refractivity contribution in [1.82, 2.24) is 0 Å². The lowest BCUT2D eigenvalue weighted by Crippen LogP contribution is -2.33. The van der Waals surface area contributed by atoms with Crippen LogP contribution in [0.2, 0.25) is 0 Å². The highest BCUT2D eigenvalue weighted by molar-refractivity contribution is 5.55. The van der Waals surface area contributed by atoms with Gasteiger partial charge in [-0.05, 0) is 36.1 Å². The Kier molecular flexibility index (Phi) is 3.90. The van der Waals surface area contributed by atoms with E-state index >= 15 is 0 Å². The second-order valence-electron chi connectivity index (χ2n) is 4.88. The minimum absolute atomic E-state index is 0.405. The first kappa shape index (κ1) is 14.0. The molecule has 0 fully saturated rings. The monoisotopic (exact) mass is 260 g/mol. The van der Waals surface area contributed by atoms with Crippen molar-refractivity contribution in [2.45, 2.75) is 25.6 Å². The van der Waals surface area contributed by atoms with Crippen LogP contribution in [0.15, 0.2) is 47.6 Å². The van der Waals surface area contributed by atoms with Crippen molar-refractivity contribution < 1.29 is 14.9 Å². The molecule has 2 atom stereocenters. The van der Waals surface area contributed by atoms with Gasteiger partial charge in [0.25, 0.3) is 0 Å². The zero-order valence-electron chi connectivity index (χ0n) is 11.6. The van der Waals surface area contributed by atoms with Crippen molar-refractivity contribution in [3.05, 3.63) is 58.7 Å². The van der Waals surface area contributed by atoms with E-state index in [1.165, 1.54) is 0 Å². The molecule has 0 aromatic heterocycles. The number of rotatable bonds is 2. The van der Waals surface area contributed by atoms with E-state index in [9.17, 15) is 10.2 Å². The molecule has 2 N–H and O–H groups in total. The summed E-state index contributed by atoms with van der Waals surface area (Å²) in [6.07, 6.45) is 2.95. The average Bonchev–Trinajstić information content (AvgIpc) is 2.41. The maximum atomic E-state index is 10.8. The Labute approximate surface area is 113 Å². The summed E-state index contributed by atoms with van der Waals surface area (Å²) in [5, 5.41) is 21.3. The van der Waals surface area contributed by atoms with Crippen molar-refractivity contribution in [2.24, 2.45) is 0 Å². The molecular weight excluding hydrogens is 240 g/mol. The minimum atomic E-state index is -1.09. The maximum absolute atomic E-state index is 10.8. The van der Waals surface area contributed by atoms with Gasteiger partial charge in [-0.2, -0.15) is 0 Å². The molecule has 0 radical (unpaired) electrons. The molecule has 2 rings (SSSR count). The summed E-state index contributed by atoms with van der Waals surface area (Å²) in [7, 11) is 1.60. The summed E-state index contributed by atoms with van der Waals surface area (Å²) in [6.45, 7) is 4.03. The smallest absolute Gasteiger partial charge is 0.112 e. The Morgan fingerprint density at radius 2 is 2.05 bits per heavy atom. The quantitative estimate of drug-likeness (QED) is 0.858. The zero-order chi connectivity index (χ0) is 14.0. The third kappa shape index (κ3) is 2.25. The molecule has 0 saturated heterocycles. The van der Waals surface area contributed by atoms with Crippen LogP contribution < -0.4 is 0 Å². The van der Waals surface area contributed by atoms with Gasteiger partial charge in [0.15, 0.2) is 0 Å². The maximum Gasteiger partial charge on any atom is 0.112 e. The predicted molar refractivity (Wildman–Crippen MR) is 74.7 cm³/mol. The molecule has 3 nitrogen and oxygen atoms in total. The van der Waals surface area contributed by atoms with Crippen LogP contribution >= 0.6 is 0 Å². The van der Waals surface area contributed by atoms with Crippen molar-refractivity contribution in [1.29, 1.82) is 0 Å². The largest absolute Gasteiger partial charge is 0.384 e. The number of fused-ring (bicyclic) bond motifs is 1. The van der Waals surface area contributed by atoms with E-state index in [2.05, 4.69) is 0 Å². The lowest BCUT2D eigenvalue weighted by atomic mass is 9.72. The zero-order valence-corrected chi connectivity index (χ0v) is 11.6. The fourth-order valence-electron chi connectivity index (χ4n) is 2.76. The molecule has 1 aromatic rings. The molecule has 1 aliphatic rings. The Morgan fingerprint density at radius 1 is 1.37 bits per heavy atom. The molecule has 3 heteroatoms. The van der Waals surface area contributed by atoms with Crippen molar-refractivity contribution in [3.8, 4) is 0 Å². The molecule has 0 spiro atoms. The molecule has 0 bridgehead atoms. The first-order chi connectivity index (χ1) is 9.04. The van der Waals surface area contributed by atoms with Crippen LogP contribution in [0.5, 0.6) is 0 Å². The van der Waals surface area contributed by atoms with Crippen molar-refractivity contribution in [2.75, 3.05) is 13.7 Å². The molecule has 0 saturated carbocycles. The number of aliphatic hydroxyl groups excluding tert-OH is 1. The number of ether oxygens (including phenoxy) is 1. The molecule has 102 valence electrons. The summed E-state index contributed by atoms with van der Waals surface area (Å²) in [5.74, 6) is 0. The molecule has 1 aliphatic carbocycles. The average molecular weight is 260 g/mol. The van der Waals surface area contributed by atoms with E-state index in [0.29, 0.717) is 12.2 Å². The van der Waals surface area contributed by atoms with Crippen LogP contribution in [0, 0.1) is 0 Å². The second kappa shape index (κ2) is 5.29. The van der Waals surface area contributed by atoms with Gasteiger partial charge in [0.2, 0.25) is 0 Å². The van der Waals surface area contributed by atoms with Gasteiger partial charge in [-0.15, -0.1) is 0 Å². The Bertz CT molecular complexity index is 527. The summed E-state index contributed by atoms with van der Waals surface area (Å²) in [4.78, 5) is 0. The molecule has 2 unspecified atom stereocenters. The number of allylic oxidation sites excluding steroid dienone is 1. The lowest BCUT2D eigenvalue weighted by molar-refractivity contribution is 0.0791. The normalized spacial score (nSPS) is 30.7. The third-order valence-electron chi connectivity index (χ3n) is 3.67. The number of hydrogen-bond acceptors (Lipinski definition) is 3. The van der Waals surface area contributed by atoms with Gasteiger partial charge >= 0.3 is 0 Å². The van der Waals surface area contributed by atoms with E-state index in [1.54, 1.807) is 14.0 Å². The molecule has 0 heterocycles. The predicted octanol–water partition coefficient (Wildman–Crippen LogP) is 2.46. The SMILES string of the molecule is CC=C1/C(=C\COC)C(O)c2ccccc2C1(C)O. The summed E-state index contributed by atoms with van der Waals surface area (Å²) < 4.78 is 5.05. The van der Waals surface area contributed by atoms with Gasteiger partial charge in [-0.3, -0.25) is 0 Å². The minimum Gasteiger partial charge on any atom is -0.384 e. The van der Waals surface area contributed by atoms with E-state index in [1.807, 2.05) is 43.3 Å². The topological polar surface area (TPSA) is 49.7 Å². The van der Waals surface area contributed by atoms with Gasteiger partial charge < -0.3 is 14.9 Å². The highest BCUT2D eigenvalue weighted by Gasteiger charge is 2.40. The first-order valence-electron chi connectivity index (χ1n) is 6.40. The third-order valence-corrected chi connectivity index (χ3v) is 3.67. The summed E-state index contributed by atoms with van der Waals surface area (Å²) in [6, 6.07) is 7.45. The number of aliphatic hydroxyl groups is 2. The van der Waals surface area contributed by atoms with Crippen LogP contribution in [0.1, 0.15) is 31.1 Å². The second-order valence-corrected chi connectivity index (χ2v) is 4.88. The van der Waals surface area contributed by atoms with Crippen LogP contribution in [-0.4, -0.2) is 23.9 Å². The van der Waals surface area contributed by atoms with E-state index in [-0.39, 0.29) is 0 Å². The molecule has 0 amide bonds. The number of hydrogen-bond donors (Lipinski definition) is 2. The van der Waals surface area contributed by atoms with Crippen LogP contribution in [-0.2, 0) is 10.3 Å². The lowest BCUT2D eigenvalue weighted by Gasteiger charge is -2.38. The fourth-order valence-corrected chi connectivity index (χ4v) is 2.76. The fraction of sp³-hybridized carbons (Fsp3) is 0.375. The Hall–Kier alpha value is -1.42. The van der Waals surface area contributed by atoms with E-state index in [0.717, 1.165) is 16.7 Å². The van der Waals surface area contributed by atoms with Gasteiger partial charge in [-0.1, -0.05) is 36.4 Å². The molecule has 0 aliphatic heterocycles. The standard InChI is InChI=1S/C16H20O3/c1-4-13-12(9-10-19-3)15(17)11-7-5-6-8-14(11)16(13,2)18/h4-9,15,17-18H,10H2,1-3H3/b12-9+,13-4?. The van der Waals surface area contributed by atoms with Crippen molar-refractivity contribution in [3.63, 3.8) is 0 Å². The number of benzene rings is 1.